The molecule has 3 aliphatic carbocycles. The van der Waals surface area contributed by atoms with Crippen molar-refractivity contribution < 1.29 is 33.5 Å². The van der Waals surface area contributed by atoms with Crippen LogP contribution in [0.1, 0.15) is 101 Å². The Kier molecular flexibility index (Phi) is 9.65. The second kappa shape index (κ2) is 12.4. The Labute approximate surface area is 273 Å². The Balaban J connectivity index is 1.41. The van der Waals surface area contributed by atoms with E-state index in [4.69, 9.17) is 10.5 Å². The number of likely N-dealkylation sites (tertiary alicyclic amines) is 1. The molecule has 0 aromatic heterocycles. The fourth-order valence-corrected chi connectivity index (χ4v) is 7.12. The van der Waals surface area contributed by atoms with Crippen molar-refractivity contribution in [2.24, 2.45) is 45.7 Å². The summed E-state index contributed by atoms with van der Waals surface area (Å²) in [6.07, 6.45) is 4.41. The van der Waals surface area contributed by atoms with Crippen LogP contribution in [0.15, 0.2) is 0 Å². The molecule has 0 aromatic carbocycles. The summed E-state index contributed by atoms with van der Waals surface area (Å²) in [5.74, 6) is -2.53. The van der Waals surface area contributed by atoms with Crippen LogP contribution in [0.4, 0.5) is 4.79 Å². The lowest BCUT2D eigenvalue weighted by molar-refractivity contribution is -0.160. The van der Waals surface area contributed by atoms with E-state index >= 15 is 0 Å². The van der Waals surface area contributed by atoms with Gasteiger partial charge in [0, 0.05) is 13.1 Å². The summed E-state index contributed by atoms with van der Waals surface area (Å²) < 4.78 is 5.74. The van der Waals surface area contributed by atoms with Gasteiger partial charge >= 0.3 is 12.0 Å². The molecule has 5 amide bonds. The van der Waals surface area contributed by atoms with Gasteiger partial charge in [0.05, 0.1) is 12.5 Å². The van der Waals surface area contributed by atoms with Crippen LogP contribution < -0.4 is 21.7 Å². The average Bonchev–Trinajstić information content (AvgIpc) is 3.85. The predicted octanol–water partition coefficient (Wildman–Crippen LogP) is 2.67. The van der Waals surface area contributed by atoms with E-state index in [-0.39, 0.29) is 42.1 Å². The van der Waals surface area contributed by atoms with Gasteiger partial charge in [-0.05, 0) is 73.0 Å². The SMILES string of the molecule is CC(C)(CNC(=O)N[C@H](C(=O)N1C[C@H]2[C@@H]([C@H]1C(=O)NC(CC1CC1)C(=O)C(N)=O)C2(C)C)C(C)(C)C)CC(=O)OC(C)(C)C1CC1. The fraction of sp³-hybridized carbons (Fsp3) is 0.824. The van der Waals surface area contributed by atoms with Crippen molar-refractivity contribution in [3.63, 3.8) is 0 Å². The summed E-state index contributed by atoms with van der Waals surface area (Å²) in [5.41, 5.74) is 3.30. The number of esters is 1. The smallest absolute Gasteiger partial charge is 0.315 e. The number of carbonyl (C=O) groups excluding carboxylic acids is 6. The zero-order valence-electron chi connectivity index (χ0n) is 29.1. The summed E-state index contributed by atoms with van der Waals surface area (Å²) >= 11 is 0. The highest BCUT2D eigenvalue weighted by atomic mass is 16.6. The topological polar surface area (TPSA) is 177 Å². The van der Waals surface area contributed by atoms with Crippen molar-refractivity contribution in [3.8, 4) is 0 Å². The van der Waals surface area contributed by atoms with E-state index in [9.17, 15) is 28.8 Å². The summed E-state index contributed by atoms with van der Waals surface area (Å²) in [7, 11) is 0. The largest absolute Gasteiger partial charge is 0.459 e. The number of ether oxygens (including phenoxy) is 1. The van der Waals surface area contributed by atoms with E-state index in [0.29, 0.717) is 18.9 Å². The third-order valence-electron chi connectivity index (χ3n) is 10.6. The van der Waals surface area contributed by atoms with Crippen LogP contribution in [0.3, 0.4) is 0 Å². The first kappa shape index (κ1) is 35.7. The molecule has 4 fully saturated rings. The van der Waals surface area contributed by atoms with Gasteiger partial charge in [0.25, 0.3) is 5.91 Å². The zero-order chi connectivity index (χ0) is 34.6. The van der Waals surface area contributed by atoms with Crippen molar-refractivity contribution in [3.05, 3.63) is 0 Å². The molecule has 0 bridgehead atoms. The molecule has 1 aliphatic heterocycles. The highest BCUT2D eigenvalue weighted by Crippen LogP contribution is 2.65. The van der Waals surface area contributed by atoms with Gasteiger partial charge in [-0.1, -0.05) is 61.3 Å². The molecule has 46 heavy (non-hydrogen) atoms. The van der Waals surface area contributed by atoms with Gasteiger partial charge in [-0.25, -0.2) is 4.79 Å². The Bertz CT molecular complexity index is 1260. The second-order valence-corrected chi connectivity index (χ2v) is 17.2. The number of nitrogens with two attached hydrogens (primary N) is 1. The summed E-state index contributed by atoms with van der Waals surface area (Å²) in [4.78, 5) is 79.7. The van der Waals surface area contributed by atoms with Crippen molar-refractivity contribution in [2.75, 3.05) is 13.1 Å². The second-order valence-electron chi connectivity index (χ2n) is 17.2. The predicted molar refractivity (Wildman–Crippen MR) is 171 cm³/mol. The standard InChI is InChI=1S/C34H55N5O7/c1-31(2,3)26(38-30(45)36-17-32(4,5)15-22(40)46-34(8,9)19-12-13-19)29(44)39-16-20-23(33(20,6)7)24(39)28(43)37-21(14-18-10-11-18)25(41)27(35)42/h18-21,23-24,26H,10-17H2,1-9H3,(H2,35,42)(H,37,43)(H2,36,38,45)/t20-,21?,23-,24-,26+/m0/s1. The molecule has 4 aliphatic rings. The number of fused-ring (bicyclic) bond motifs is 1. The zero-order valence-corrected chi connectivity index (χ0v) is 29.1. The lowest BCUT2D eigenvalue weighted by atomic mass is 9.85. The van der Waals surface area contributed by atoms with Gasteiger partial charge < -0.3 is 31.3 Å². The molecular formula is C34H55N5O7. The van der Waals surface area contributed by atoms with Gasteiger partial charge in [0.15, 0.2) is 0 Å². The van der Waals surface area contributed by atoms with Crippen molar-refractivity contribution in [2.45, 2.75) is 125 Å². The number of hydrogen-bond acceptors (Lipinski definition) is 7. The van der Waals surface area contributed by atoms with Crippen LogP contribution in [0.5, 0.6) is 0 Å². The number of hydrogen-bond donors (Lipinski definition) is 4. The number of ketones is 1. The van der Waals surface area contributed by atoms with Crippen LogP contribution in [0.25, 0.3) is 0 Å². The van der Waals surface area contributed by atoms with E-state index in [1.54, 1.807) is 0 Å². The van der Waals surface area contributed by atoms with Crippen molar-refractivity contribution in [1.29, 1.82) is 0 Å². The number of carbonyl (C=O) groups is 6. The lowest BCUT2D eigenvalue weighted by Gasteiger charge is -2.38. The van der Waals surface area contributed by atoms with E-state index in [2.05, 4.69) is 29.8 Å². The maximum absolute atomic E-state index is 14.2. The maximum atomic E-state index is 14.2. The molecule has 258 valence electrons. The molecule has 12 nitrogen and oxygen atoms in total. The molecule has 1 heterocycles. The van der Waals surface area contributed by atoms with Gasteiger partial charge in [0.1, 0.15) is 17.7 Å². The number of amides is 5. The van der Waals surface area contributed by atoms with E-state index in [1.807, 2.05) is 48.5 Å². The Morgan fingerprint density at radius 1 is 0.935 bits per heavy atom. The van der Waals surface area contributed by atoms with Gasteiger partial charge in [0.2, 0.25) is 17.6 Å². The quantitative estimate of drug-likeness (QED) is 0.166. The molecule has 1 unspecified atom stereocenters. The van der Waals surface area contributed by atoms with Crippen LogP contribution in [0.2, 0.25) is 0 Å². The number of Topliss-reactive ketones (excluding diaryl/α,β-unsaturated/α-hetero) is 1. The summed E-state index contributed by atoms with van der Waals surface area (Å²) in [6.45, 7) is 17.7. The number of nitrogens with zero attached hydrogens (tertiary/aromatic N) is 1. The molecular weight excluding hydrogens is 590 g/mol. The van der Waals surface area contributed by atoms with Crippen molar-refractivity contribution in [1.82, 2.24) is 20.9 Å². The minimum Gasteiger partial charge on any atom is -0.459 e. The Hall–Kier alpha value is -3.18. The number of primary amides is 1. The third kappa shape index (κ3) is 8.20. The molecule has 0 spiro atoms. The fourth-order valence-electron chi connectivity index (χ4n) is 7.12. The maximum Gasteiger partial charge on any atom is 0.315 e. The normalized spacial score (nSPS) is 25.1. The third-order valence-corrected chi connectivity index (χ3v) is 10.6. The van der Waals surface area contributed by atoms with Crippen LogP contribution in [-0.4, -0.2) is 77.2 Å². The lowest BCUT2D eigenvalue weighted by Crippen LogP contribution is -2.61. The first-order valence-electron chi connectivity index (χ1n) is 16.8. The molecule has 0 radical (unpaired) electrons. The first-order chi connectivity index (χ1) is 21.0. The number of nitrogens with one attached hydrogen (secondary N) is 3. The van der Waals surface area contributed by atoms with Crippen LogP contribution in [0, 0.1) is 39.9 Å². The van der Waals surface area contributed by atoms with Gasteiger partial charge in [-0.15, -0.1) is 0 Å². The van der Waals surface area contributed by atoms with Gasteiger partial charge in [-0.3, -0.25) is 24.0 Å². The van der Waals surface area contributed by atoms with Crippen LogP contribution in [-0.2, 0) is 28.7 Å². The Morgan fingerprint density at radius 2 is 1.54 bits per heavy atom. The number of piperidine rings is 1. The summed E-state index contributed by atoms with van der Waals surface area (Å²) in [5, 5.41) is 8.42. The first-order valence-corrected chi connectivity index (χ1v) is 16.8. The monoisotopic (exact) mass is 645 g/mol. The molecule has 3 saturated carbocycles. The van der Waals surface area contributed by atoms with Crippen LogP contribution >= 0.6 is 0 Å². The van der Waals surface area contributed by atoms with E-state index in [1.165, 1.54) is 4.90 Å². The minimum absolute atomic E-state index is 0.0841. The highest BCUT2D eigenvalue weighted by Gasteiger charge is 2.70. The number of rotatable bonds is 14. The van der Waals surface area contributed by atoms with E-state index in [0.717, 1.165) is 25.7 Å². The van der Waals surface area contributed by atoms with Gasteiger partial charge in [-0.2, -0.15) is 0 Å². The Morgan fingerprint density at radius 3 is 2.07 bits per heavy atom. The highest BCUT2D eigenvalue weighted by molar-refractivity contribution is 6.37. The van der Waals surface area contributed by atoms with Crippen molar-refractivity contribution >= 4 is 35.5 Å². The molecule has 4 rings (SSSR count). The number of urea groups is 1. The molecule has 5 N–H and O–H groups in total. The molecule has 0 aromatic rings. The molecule has 12 heteroatoms. The molecule has 1 saturated heterocycles. The van der Waals surface area contributed by atoms with E-state index < -0.39 is 64.1 Å². The molecule has 5 atom stereocenters. The average molecular weight is 646 g/mol. The minimum atomic E-state index is -1.10. The summed E-state index contributed by atoms with van der Waals surface area (Å²) in [6, 6.07) is -3.41.